The van der Waals surface area contributed by atoms with Crippen molar-refractivity contribution >= 4 is 22.4 Å². The van der Waals surface area contributed by atoms with Gasteiger partial charge in [0.05, 0.1) is 12.9 Å². The molecular formula is C15H20N4O. The number of hydrogen-bond donors (Lipinski definition) is 2. The van der Waals surface area contributed by atoms with Gasteiger partial charge in [0.25, 0.3) is 0 Å². The van der Waals surface area contributed by atoms with E-state index in [4.69, 9.17) is 15.9 Å². The van der Waals surface area contributed by atoms with Crippen molar-refractivity contribution in [2.24, 2.45) is 11.7 Å². The number of benzene rings is 1. The van der Waals surface area contributed by atoms with Crippen LogP contribution in [-0.4, -0.2) is 31.5 Å². The van der Waals surface area contributed by atoms with E-state index in [0.717, 1.165) is 22.3 Å². The standard InChI is InChI=1S/C15H20N4O/c1-10(14(16)17)9-19(2)15-13-8-12(20-3)5-4-11(13)6-7-18-15/h4-8,10H,9H2,1-3H3,(H3,16,17). The maximum Gasteiger partial charge on any atom is 0.136 e. The third-order valence-electron chi connectivity index (χ3n) is 3.39. The summed E-state index contributed by atoms with van der Waals surface area (Å²) in [6.07, 6.45) is 1.79. The Morgan fingerprint density at radius 3 is 2.85 bits per heavy atom. The number of nitrogens with two attached hydrogens (primary N) is 1. The molecule has 1 unspecified atom stereocenters. The average Bonchev–Trinajstić information content (AvgIpc) is 2.45. The summed E-state index contributed by atoms with van der Waals surface area (Å²) in [6.45, 7) is 2.59. The Bertz CT molecular complexity index is 626. The van der Waals surface area contributed by atoms with Crippen molar-refractivity contribution in [1.29, 1.82) is 5.41 Å². The lowest BCUT2D eigenvalue weighted by Gasteiger charge is -2.23. The van der Waals surface area contributed by atoms with Crippen LogP contribution < -0.4 is 15.4 Å². The van der Waals surface area contributed by atoms with Gasteiger partial charge in [-0.15, -0.1) is 0 Å². The Morgan fingerprint density at radius 1 is 1.45 bits per heavy atom. The fourth-order valence-electron chi connectivity index (χ4n) is 2.16. The second kappa shape index (κ2) is 5.77. The summed E-state index contributed by atoms with van der Waals surface area (Å²) >= 11 is 0. The molecule has 2 aromatic rings. The molecule has 3 N–H and O–H groups in total. The summed E-state index contributed by atoms with van der Waals surface area (Å²) < 4.78 is 5.28. The number of amidine groups is 1. The lowest BCUT2D eigenvalue weighted by molar-refractivity contribution is 0.415. The topological polar surface area (TPSA) is 75.2 Å². The number of anilines is 1. The molecule has 1 aromatic carbocycles. The van der Waals surface area contributed by atoms with Gasteiger partial charge in [0, 0.05) is 31.1 Å². The van der Waals surface area contributed by atoms with Crippen molar-refractivity contribution in [3.8, 4) is 5.75 Å². The van der Waals surface area contributed by atoms with Crippen LogP contribution in [0.25, 0.3) is 10.8 Å². The zero-order valence-corrected chi connectivity index (χ0v) is 12.1. The van der Waals surface area contributed by atoms with E-state index >= 15 is 0 Å². The maximum atomic E-state index is 7.49. The van der Waals surface area contributed by atoms with Gasteiger partial charge in [0.15, 0.2) is 0 Å². The zero-order valence-electron chi connectivity index (χ0n) is 12.1. The van der Waals surface area contributed by atoms with Crippen LogP contribution in [0.15, 0.2) is 30.5 Å². The summed E-state index contributed by atoms with van der Waals surface area (Å²) in [5.41, 5.74) is 5.54. The molecule has 106 valence electrons. The lowest BCUT2D eigenvalue weighted by Crippen LogP contribution is -2.32. The molecule has 0 bridgehead atoms. The highest BCUT2D eigenvalue weighted by molar-refractivity contribution is 5.93. The minimum absolute atomic E-state index is 0.0114. The molecule has 0 spiro atoms. The first-order valence-corrected chi connectivity index (χ1v) is 6.50. The van der Waals surface area contributed by atoms with Crippen LogP contribution in [0.1, 0.15) is 6.92 Å². The SMILES string of the molecule is COc1ccc2ccnc(N(C)CC(C)C(=N)N)c2c1. The van der Waals surface area contributed by atoms with Crippen LogP contribution in [0.4, 0.5) is 5.82 Å². The first-order chi connectivity index (χ1) is 9.52. The number of rotatable bonds is 5. The monoisotopic (exact) mass is 272 g/mol. The first-order valence-electron chi connectivity index (χ1n) is 6.50. The van der Waals surface area contributed by atoms with Crippen molar-refractivity contribution < 1.29 is 4.74 Å². The van der Waals surface area contributed by atoms with E-state index < -0.39 is 0 Å². The molecular weight excluding hydrogens is 252 g/mol. The third kappa shape index (κ3) is 2.82. The Balaban J connectivity index is 2.40. The van der Waals surface area contributed by atoms with Gasteiger partial charge >= 0.3 is 0 Å². The molecule has 2 rings (SSSR count). The van der Waals surface area contributed by atoms with Crippen molar-refractivity contribution in [2.45, 2.75) is 6.92 Å². The predicted molar refractivity (Wildman–Crippen MR) is 82.6 cm³/mol. The van der Waals surface area contributed by atoms with Crippen LogP contribution in [-0.2, 0) is 0 Å². The van der Waals surface area contributed by atoms with Crippen molar-refractivity contribution in [1.82, 2.24) is 4.98 Å². The zero-order chi connectivity index (χ0) is 14.7. The summed E-state index contributed by atoms with van der Waals surface area (Å²) in [6, 6.07) is 7.90. The number of methoxy groups -OCH3 is 1. The van der Waals surface area contributed by atoms with Gasteiger partial charge in [0.2, 0.25) is 0 Å². The molecule has 0 radical (unpaired) electrons. The van der Waals surface area contributed by atoms with Crippen molar-refractivity contribution in [3.05, 3.63) is 30.5 Å². The molecule has 5 heteroatoms. The molecule has 1 heterocycles. The number of aromatic nitrogens is 1. The van der Waals surface area contributed by atoms with Crippen LogP contribution >= 0.6 is 0 Å². The van der Waals surface area contributed by atoms with Crippen LogP contribution in [0, 0.1) is 11.3 Å². The van der Waals surface area contributed by atoms with Gasteiger partial charge in [-0.1, -0.05) is 13.0 Å². The molecule has 0 aliphatic carbocycles. The maximum absolute atomic E-state index is 7.49. The van der Waals surface area contributed by atoms with Crippen molar-refractivity contribution in [2.75, 3.05) is 25.6 Å². The number of nitrogens with one attached hydrogen (secondary N) is 1. The van der Waals surface area contributed by atoms with E-state index in [-0.39, 0.29) is 11.8 Å². The molecule has 0 fully saturated rings. The first kappa shape index (κ1) is 14.1. The van der Waals surface area contributed by atoms with E-state index in [1.54, 1.807) is 13.3 Å². The van der Waals surface area contributed by atoms with Gasteiger partial charge in [-0.25, -0.2) is 4.98 Å². The molecule has 0 saturated carbocycles. The number of nitrogens with zero attached hydrogens (tertiary/aromatic N) is 2. The molecule has 0 aliphatic heterocycles. The molecule has 5 nitrogen and oxygen atoms in total. The van der Waals surface area contributed by atoms with Crippen LogP contribution in [0.3, 0.4) is 0 Å². The van der Waals surface area contributed by atoms with Gasteiger partial charge < -0.3 is 15.4 Å². The highest BCUT2D eigenvalue weighted by atomic mass is 16.5. The largest absolute Gasteiger partial charge is 0.497 e. The second-order valence-corrected chi connectivity index (χ2v) is 4.96. The van der Waals surface area contributed by atoms with Gasteiger partial charge in [-0.3, -0.25) is 5.41 Å². The van der Waals surface area contributed by atoms with Gasteiger partial charge in [-0.05, 0) is 23.6 Å². The smallest absolute Gasteiger partial charge is 0.136 e. The molecule has 0 saturated heterocycles. The van der Waals surface area contributed by atoms with Crippen LogP contribution in [0.2, 0.25) is 0 Å². The number of fused-ring (bicyclic) bond motifs is 1. The van der Waals surface area contributed by atoms with Gasteiger partial charge in [-0.2, -0.15) is 0 Å². The quantitative estimate of drug-likeness (QED) is 0.646. The molecule has 0 amide bonds. The molecule has 1 atom stereocenters. The lowest BCUT2D eigenvalue weighted by atomic mass is 10.1. The van der Waals surface area contributed by atoms with E-state index in [9.17, 15) is 0 Å². The van der Waals surface area contributed by atoms with E-state index in [0.29, 0.717) is 6.54 Å². The van der Waals surface area contributed by atoms with E-state index in [2.05, 4.69) is 4.98 Å². The number of hydrogen-bond acceptors (Lipinski definition) is 4. The highest BCUT2D eigenvalue weighted by Gasteiger charge is 2.13. The highest BCUT2D eigenvalue weighted by Crippen LogP contribution is 2.27. The second-order valence-electron chi connectivity index (χ2n) is 4.96. The fourth-order valence-corrected chi connectivity index (χ4v) is 2.16. The number of pyridine rings is 1. The number of ether oxygens (including phenoxy) is 1. The summed E-state index contributed by atoms with van der Waals surface area (Å²) in [5.74, 6) is 1.85. The minimum Gasteiger partial charge on any atom is -0.497 e. The summed E-state index contributed by atoms with van der Waals surface area (Å²) in [5, 5.41) is 9.64. The predicted octanol–water partition coefficient (Wildman–Crippen LogP) is 2.25. The van der Waals surface area contributed by atoms with Crippen LogP contribution in [0.5, 0.6) is 5.75 Å². The summed E-state index contributed by atoms with van der Waals surface area (Å²) in [7, 11) is 3.61. The minimum atomic E-state index is -0.0114. The Kier molecular flexibility index (Phi) is 4.08. The Labute approximate surface area is 118 Å². The van der Waals surface area contributed by atoms with E-state index in [1.165, 1.54) is 0 Å². The fraction of sp³-hybridized carbons (Fsp3) is 0.333. The Hall–Kier alpha value is -2.30. The average molecular weight is 272 g/mol. The molecule has 1 aromatic heterocycles. The Morgan fingerprint density at radius 2 is 2.20 bits per heavy atom. The molecule has 20 heavy (non-hydrogen) atoms. The summed E-state index contributed by atoms with van der Waals surface area (Å²) in [4.78, 5) is 6.48. The normalized spacial score (nSPS) is 12.2. The van der Waals surface area contributed by atoms with Gasteiger partial charge in [0.1, 0.15) is 11.6 Å². The van der Waals surface area contributed by atoms with Crippen molar-refractivity contribution in [3.63, 3.8) is 0 Å². The third-order valence-corrected chi connectivity index (χ3v) is 3.39. The molecule has 0 aliphatic rings. The van der Waals surface area contributed by atoms with E-state index in [1.807, 2.05) is 43.1 Å².